The van der Waals surface area contributed by atoms with Crippen LogP contribution in [0.25, 0.3) is 0 Å². The molecular weight excluding hydrogens is 468 g/mol. The largest absolute Gasteiger partial charge is 0.467 e. The van der Waals surface area contributed by atoms with Crippen molar-refractivity contribution in [3.05, 3.63) is 28.3 Å². The van der Waals surface area contributed by atoms with Crippen LogP contribution in [-0.2, 0) is 29.1 Å². The second kappa shape index (κ2) is 10.2. The fraction of sp³-hybridized carbons (Fsp3) is 0.619. The van der Waals surface area contributed by atoms with E-state index in [1.165, 1.54) is 23.5 Å². The maximum atomic E-state index is 12.9. The number of carbonyl (C=O) groups is 2. The molecule has 0 spiro atoms. The minimum atomic E-state index is -3.87. The standard InChI is InChI=1S/C21H30N4O8S/c1-21(2,20(27)32-3)22-19(26)15-6-8-23(9-7-15)17-5-4-16(14-18(17)25(28)29)34(30,31)24-10-12-33-13-11-24/h4-5,14-15H,6-13H2,1-3H3,(H,22,26). The van der Waals surface area contributed by atoms with Crippen LogP contribution in [0.15, 0.2) is 23.1 Å². The number of hydrogen-bond donors (Lipinski definition) is 1. The zero-order valence-electron chi connectivity index (χ0n) is 19.5. The van der Waals surface area contributed by atoms with E-state index in [1.54, 1.807) is 18.7 Å². The van der Waals surface area contributed by atoms with Crippen LogP contribution in [-0.4, -0.2) is 81.6 Å². The van der Waals surface area contributed by atoms with Crippen LogP contribution in [0.1, 0.15) is 26.7 Å². The number of nitro groups is 1. The number of sulfonamides is 1. The molecule has 0 bridgehead atoms. The van der Waals surface area contributed by atoms with Crippen molar-refractivity contribution in [1.29, 1.82) is 0 Å². The monoisotopic (exact) mass is 498 g/mol. The predicted octanol–water partition coefficient (Wildman–Crippen LogP) is 0.900. The maximum Gasteiger partial charge on any atom is 0.330 e. The van der Waals surface area contributed by atoms with Crippen molar-refractivity contribution < 1.29 is 32.4 Å². The van der Waals surface area contributed by atoms with E-state index in [-0.39, 0.29) is 48.7 Å². The molecule has 1 aromatic carbocycles. The van der Waals surface area contributed by atoms with Gasteiger partial charge in [-0.1, -0.05) is 0 Å². The number of morpholine rings is 1. The number of ether oxygens (including phenoxy) is 2. The molecule has 13 heteroatoms. The van der Waals surface area contributed by atoms with Crippen LogP contribution in [0.5, 0.6) is 0 Å². The lowest BCUT2D eigenvalue weighted by molar-refractivity contribution is -0.384. The third kappa shape index (κ3) is 5.47. The molecule has 0 aliphatic carbocycles. The second-order valence-corrected chi connectivity index (χ2v) is 10.7. The van der Waals surface area contributed by atoms with Crippen LogP contribution in [0.4, 0.5) is 11.4 Å². The van der Waals surface area contributed by atoms with Crippen LogP contribution in [0.2, 0.25) is 0 Å². The average molecular weight is 499 g/mol. The molecule has 2 heterocycles. The lowest BCUT2D eigenvalue weighted by Crippen LogP contribution is -2.53. The summed E-state index contributed by atoms with van der Waals surface area (Å²) in [4.78, 5) is 37.3. The van der Waals surface area contributed by atoms with Gasteiger partial charge in [0.1, 0.15) is 11.2 Å². The number of esters is 1. The Morgan fingerprint density at radius 3 is 2.35 bits per heavy atom. The van der Waals surface area contributed by atoms with Gasteiger partial charge in [0.25, 0.3) is 5.69 Å². The van der Waals surface area contributed by atoms with E-state index in [1.807, 2.05) is 0 Å². The predicted molar refractivity (Wildman–Crippen MR) is 122 cm³/mol. The summed E-state index contributed by atoms with van der Waals surface area (Å²) < 4.78 is 37.0. The molecule has 2 aliphatic rings. The van der Waals surface area contributed by atoms with Crippen molar-refractivity contribution in [3.63, 3.8) is 0 Å². The molecule has 0 unspecified atom stereocenters. The minimum Gasteiger partial charge on any atom is -0.467 e. The molecule has 0 atom stereocenters. The first kappa shape index (κ1) is 25.8. The Kier molecular flexibility index (Phi) is 7.78. The summed E-state index contributed by atoms with van der Waals surface area (Å²) in [6.45, 7) is 4.79. The molecule has 12 nitrogen and oxygen atoms in total. The van der Waals surface area contributed by atoms with Gasteiger partial charge in [-0.2, -0.15) is 4.31 Å². The number of hydrogen-bond acceptors (Lipinski definition) is 9. The number of nitro benzene ring substituents is 1. The van der Waals surface area contributed by atoms with Crippen LogP contribution >= 0.6 is 0 Å². The smallest absolute Gasteiger partial charge is 0.330 e. The summed E-state index contributed by atoms with van der Waals surface area (Å²) in [5, 5.41) is 14.5. The summed E-state index contributed by atoms with van der Waals surface area (Å²) in [7, 11) is -2.62. The van der Waals surface area contributed by atoms with E-state index in [2.05, 4.69) is 5.32 Å². The molecule has 2 saturated heterocycles. The molecule has 188 valence electrons. The van der Waals surface area contributed by atoms with Gasteiger partial charge >= 0.3 is 5.97 Å². The number of methoxy groups -OCH3 is 1. The Morgan fingerprint density at radius 1 is 1.18 bits per heavy atom. The molecule has 34 heavy (non-hydrogen) atoms. The number of nitrogens with zero attached hydrogens (tertiary/aromatic N) is 3. The van der Waals surface area contributed by atoms with Crippen LogP contribution < -0.4 is 10.2 Å². The average Bonchev–Trinajstić information content (AvgIpc) is 2.83. The highest BCUT2D eigenvalue weighted by atomic mass is 32.2. The van der Waals surface area contributed by atoms with Gasteiger partial charge in [-0.05, 0) is 38.8 Å². The number of amides is 1. The van der Waals surface area contributed by atoms with E-state index in [0.717, 1.165) is 6.07 Å². The third-order valence-electron chi connectivity index (χ3n) is 6.09. The molecule has 2 aliphatic heterocycles. The molecule has 0 aromatic heterocycles. The molecule has 3 rings (SSSR count). The maximum absolute atomic E-state index is 12.9. The number of rotatable bonds is 7. The highest BCUT2D eigenvalue weighted by molar-refractivity contribution is 7.89. The second-order valence-electron chi connectivity index (χ2n) is 8.79. The Balaban J connectivity index is 1.73. The molecule has 1 amide bonds. The highest BCUT2D eigenvalue weighted by Crippen LogP contribution is 2.34. The summed E-state index contributed by atoms with van der Waals surface area (Å²) in [5.74, 6) is -1.20. The van der Waals surface area contributed by atoms with Gasteiger partial charge in [-0.15, -0.1) is 0 Å². The molecule has 0 radical (unpaired) electrons. The van der Waals surface area contributed by atoms with E-state index < -0.39 is 26.5 Å². The van der Waals surface area contributed by atoms with Crippen LogP contribution in [0, 0.1) is 16.0 Å². The normalized spacial score (nSPS) is 18.4. The van der Waals surface area contributed by atoms with E-state index in [0.29, 0.717) is 31.6 Å². The number of benzene rings is 1. The number of nitrogens with one attached hydrogen (secondary N) is 1. The number of piperidine rings is 1. The van der Waals surface area contributed by atoms with Gasteiger partial charge in [-0.25, -0.2) is 13.2 Å². The zero-order chi connectivity index (χ0) is 25.1. The van der Waals surface area contributed by atoms with Gasteiger partial charge in [0.15, 0.2) is 0 Å². The lowest BCUT2D eigenvalue weighted by Gasteiger charge is -2.34. The summed E-state index contributed by atoms with van der Waals surface area (Å²) >= 11 is 0. The van der Waals surface area contributed by atoms with Gasteiger partial charge in [-0.3, -0.25) is 14.9 Å². The van der Waals surface area contributed by atoms with Gasteiger partial charge in [0.2, 0.25) is 15.9 Å². The quantitative estimate of drug-likeness (QED) is 0.329. The first-order valence-corrected chi connectivity index (χ1v) is 12.4. The van der Waals surface area contributed by atoms with E-state index in [9.17, 15) is 28.1 Å². The van der Waals surface area contributed by atoms with Crippen molar-refractivity contribution in [2.75, 3.05) is 51.4 Å². The minimum absolute atomic E-state index is 0.135. The third-order valence-corrected chi connectivity index (χ3v) is 7.98. The lowest BCUT2D eigenvalue weighted by atomic mass is 9.93. The van der Waals surface area contributed by atoms with Crippen molar-refractivity contribution in [2.24, 2.45) is 5.92 Å². The fourth-order valence-corrected chi connectivity index (χ4v) is 5.54. The van der Waals surface area contributed by atoms with Gasteiger partial charge in [0, 0.05) is 38.2 Å². The molecule has 2 fully saturated rings. The Morgan fingerprint density at radius 2 is 1.79 bits per heavy atom. The van der Waals surface area contributed by atoms with Crippen molar-refractivity contribution in [3.8, 4) is 0 Å². The Bertz CT molecular complexity index is 1040. The van der Waals surface area contributed by atoms with Gasteiger partial charge in [0.05, 0.1) is 30.1 Å². The Hall–Kier alpha value is -2.77. The molecule has 1 N–H and O–H groups in total. The molecule has 0 saturated carbocycles. The van der Waals surface area contributed by atoms with Crippen molar-refractivity contribution in [1.82, 2.24) is 9.62 Å². The Labute approximate surface area is 198 Å². The van der Waals surface area contributed by atoms with Gasteiger partial charge < -0.3 is 19.7 Å². The number of carbonyl (C=O) groups excluding carboxylic acids is 2. The van der Waals surface area contributed by atoms with Crippen LogP contribution in [0.3, 0.4) is 0 Å². The fourth-order valence-electron chi connectivity index (χ4n) is 4.11. The first-order valence-electron chi connectivity index (χ1n) is 11.0. The SMILES string of the molecule is COC(=O)C(C)(C)NC(=O)C1CCN(c2ccc(S(=O)(=O)N3CCOCC3)cc2[N+](=O)[O-])CC1. The molecular formula is C21H30N4O8S. The summed E-state index contributed by atoms with van der Waals surface area (Å²) in [5.41, 5.74) is -1.16. The topological polar surface area (TPSA) is 148 Å². The first-order chi connectivity index (χ1) is 16.0. The van der Waals surface area contributed by atoms with Crippen molar-refractivity contribution >= 4 is 33.3 Å². The highest BCUT2D eigenvalue weighted by Gasteiger charge is 2.35. The summed E-state index contributed by atoms with van der Waals surface area (Å²) in [6.07, 6.45) is 0.849. The van der Waals surface area contributed by atoms with E-state index >= 15 is 0 Å². The number of anilines is 1. The molecule has 1 aromatic rings. The zero-order valence-corrected chi connectivity index (χ0v) is 20.3. The summed E-state index contributed by atoms with van der Waals surface area (Å²) in [6, 6.07) is 3.93. The van der Waals surface area contributed by atoms with E-state index in [4.69, 9.17) is 9.47 Å². The van der Waals surface area contributed by atoms with Crippen molar-refractivity contribution in [2.45, 2.75) is 37.1 Å².